The van der Waals surface area contributed by atoms with Gasteiger partial charge in [-0.3, -0.25) is 0 Å². The standard InChI is InChI=1S/C38H38O10S2/c1-3-49-37(50-4-2)31(47-35(41)28-21-13-7-14-22-28)30(46-34(40)27-19-11-6-12-20-27)32(48-36(42)29-23-15-8-16-24-29)38(43,44)25-45-33(39)26-17-9-5-10-18-26/h5-24,30-32,37,43-44H,3-4,25H2,1-2H3/t30-,31-,32+/m1/s1. The van der Waals surface area contributed by atoms with Crippen molar-refractivity contribution in [1.29, 1.82) is 0 Å². The zero-order chi connectivity index (χ0) is 35.9. The summed E-state index contributed by atoms with van der Waals surface area (Å²) in [5, 5.41) is 23.4. The largest absolute Gasteiger partial charge is 0.456 e. The van der Waals surface area contributed by atoms with Crippen molar-refractivity contribution in [1.82, 2.24) is 0 Å². The van der Waals surface area contributed by atoms with Gasteiger partial charge in [0.25, 0.3) is 0 Å². The number of aliphatic hydroxyl groups is 2. The van der Waals surface area contributed by atoms with Crippen LogP contribution >= 0.6 is 23.5 Å². The summed E-state index contributed by atoms with van der Waals surface area (Å²) >= 11 is 2.72. The molecule has 50 heavy (non-hydrogen) atoms. The minimum absolute atomic E-state index is 0.0444. The molecule has 0 amide bonds. The summed E-state index contributed by atoms with van der Waals surface area (Å²) in [6, 6.07) is 31.6. The van der Waals surface area contributed by atoms with Gasteiger partial charge >= 0.3 is 23.9 Å². The molecule has 0 spiro atoms. The lowest BCUT2D eigenvalue weighted by atomic mass is 9.99. The van der Waals surface area contributed by atoms with E-state index in [-0.39, 0.29) is 22.3 Å². The van der Waals surface area contributed by atoms with E-state index in [1.165, 1.54) is 72.1 Å². The van der Waals surface area contributed by atoms with Crippen LogP contribution in [0.15, 0.2) is 121 Å². The molecule has 0 aliphatic rings. The van der Waals surface area contributed by atoms with Gasteiger partial charge in [0.1, 0.15) is 6.61 Å². The number of hydrogen-bond acceptors (Lipinski definition) is 12. The first-order valence-corrected chi connectivity index (χ1v) is 17.9. The molecule has 0 radical (unpaired) electrons. The number of carbonyl (C=O) groups is 4. The highest BCUT2D eigenvalue weighted by molar-refractivity contribution is 8.17. The van der Waals surface area contributed by atoms with Gasteiger partial charge < -0.3 is 29.2 Å². The minimum Gasteiger partial charge on any atom is -0.456 e. The summed E-state index contributed by atoms with van der Waals surface area (Å²) in [5.74, 6) is -5.72. The van der Waals surface area contributed by atoms with E-state index < -0.39 is 59.2 Å². The van der Waals surface area contributed by atoms with Gasteiger partial charge in [-0.25, -0.2) is 19.2 Å². The Bertz CT molecular complexity index is 1670. The van der Waals surface area contributed by atoms with E-state index in [0.717, 1.165) is 0 Å². The summed E-state index contributed by atoms with van der Waals surface area (Å²) in [6.07, 6.45) is -5.42. The van der Waals surface area contributed by atoms with Crippen LogP contribution in [0.3, 0.4) is 0 Å². The average Bonchev–Trinajstić information content (AvgIpc) is 3.15. The Morgan fingerprint density at radius 3 is 1.26 bits per heavy atom. The first kappa shape index (κ1) is 38.2. The topological polar surface area (TPSA) is 146 Å². The molecule has 0 aromatic heterocycles. The maximum Gasteiger partial charge on any atom is 0.338 e. The van der Waals surface area contributed by atoms with Crippen molar-refractivity contribution in [2.45, 2.75) is 42.5 Å². The summed E-state index contributed by atoms with van der Waals surface area (Å²) in [7, 11) is 0. The Morgan fingerprint density at radius 2 is 0.880 bits per heavy atom. The number of ether oxygens (including phenoxy) is 4. The maximum absolute atomic E-state index is 13.7. The second-order valence-corrected chi connectivity index (χ2v) is 13.9. The molecular formula is C38H38O10S2. The van der Waals surface area contributed by atoms with Crippen LogP contribution in [0.25, 0.3) is 0 Å². The quantitative estimate of drug-likeness (QED) is 0.0747. The fourth-order valence-corrected chi connectivity index (χ4v) is 7.43. The monoisotopic (exact) mass is 718 g/mol. The molecule has 4 aromatic carbocycles. The van der Waals surface area contributed by atoms with E-state index in [4.69, 9.17) is 18.9 Å². The van der Waals surface area contributed by atoms with Gasteiger partial charge in [0.15, 0.2) is 18.3 Å². The average molecular weight is 719 g/mol. The molecule has 0 aliphatic heterocycles. The molecule has 262 valence electrons. The Kier molecular flexibility index (Phi) is 14.5. The Balaban J connectivity index is 1.84. The molecule has 3 atom stereocenters. The van der Waals surface area contributed by atoms with Gasteiger partial charge in [-0.05, 0) is 60.0 Å². The third-order valence-electron chi connectivity index (χ3n) is 7.18. The van der Waals surface area contributed by atoms with Gasteiger partial charge in [-0.1, -0.05) is 86.6 Å². The van der Waals surface area contributed by atoms with E-state index in [2.05, 4.69) is 0 Å². The molecule has 4 aromatic rings. The van der Waals surface area contributed by atoms with E-state index in [1.807, 2.05) is 13.8 Å². The van der Waals surface area contributed by atoms with Crippen LogP contribution in [0.1, 0.15) is 55.3 Å². The van der Waals surface area contributed by atoms with Gasteiger partial charge in [0.05, 0.1) is 26.8 Å². The fourth-order valence-electron chi connectivity index (χ4n) is 4.77. The van der Waals surface area contributed by atoms with Gasteiger partial charge in [-0.2, -0.15) is 0 Å². The predicted octanol–water partition coefficient (Wildman–Crippen LogP) is 6.03. The molecule has 2 N–H and O–H groups in total. The van der Waals surface area contributed by atoms with Crippen molar-refractivity contribution < 1.29 is 48.3 Å². The highest BCUT2D eigenvalue weighted by Gasteiger charge is 2.53. The van der Waals surface area contributed by atoms with Crippen molar-refractivity contribution in [2.75, 3.05) is 18.1 Å². The predicted molar refractivity (Wildman–Crippen MR) is 191 cm³/mol. The molecule has 4 rings (SSSR count). The smallest absolute Gasteiger partial charge is 0.338 e. The number of esters is 4. The number of hydrogen-bond donors (Lipinski definition) is 2. The minimum atomic E-state index is -3.17. The molecule has 10 nitrogen and oxygen atoms in total. The zero-order valence-corrected chi connectivity index (χ0v) is 29.1. The Hall–Kier alpha value is -4.62. The Labute approximate surface area is 299 Å². The summed E-state index contributed by atoms with van der Waals surface area (Å²) in [5.41, 5.74) is 0.449. The lowest BCUT2D eigenvalue weighted by molar-refractivity contribution is -0.268. The number of thioether (sulfide) groups is 2. The van der Waals surface area contributed by atoms with Crippen molar-refractivity contribution in [2.24, 2.45) is 0 Å². The summed E-state index contributed by atoms with van der Waals surface area (Å²) < 4.78 is 22.5. The van der Waals surface area contributed by atoms with Gasteiger partial charge in [0.2, 0.25) is 5.79 Å². The van der Waals surface area contributed by atoms with Crippen LogP contribution in [-0.4, -0.2) is 80.9 Å². The molecule has 0 saturated heterocycles. The molecule has 0 bridgehead atoms. The second-order valence-electron chi connectivity index (χ2n) is 10.8. The molecular weight excluding hydrogens is 681 g/mol. The first-order chi connectivity index (χ1) is 24.1. The molecule has 0 saturated carbocycles. The van der Waals surface area contributed by atoms with E-state index in [1.54, 1.807) is 72.8 Å². The first-order valence-electron chi connectivity index (χ1n) is 15.8. The third kappa shape index (κ3) is 10.7. The second kappa shape index (κ2) is 19.0. The summed E-state index contributed by atoms with van der Waals surface area (Å²) in [6.45, 7) is 2.65. The third-order valence-corrected chi connectivity index (χ3v) is 9.86. The van der Waals surface area contributed by atoms with Crippen LogP contribution in [0, 0.1) is 0 Å². The SMILES string of the molecule is CCSC(SCC)[C@H](OC(=O)c1ccccc1)[C@@H](OC(=O)c1ccccc1)[C@H](OC(=O)c1ccccc1)C(O)(O)COC(=O)c1ccccc1. The van der Waals surface area contributed by atoms with Crippen molar-refractivity contribution in [3.05, 3.63) is 144 Å². The molecule has 0 heterocycles. The van der Waals surface area contributed by atoms with E-state index >= 15 is 0 Å². The van der Waals surface area contributed by atoms with Gasteiger partial charge in [-0.15, -0.1) is 23.5 Å². The number of benzene rings is 4. The van der Waals surface area contributed by atoms with E-state index in [0.29, 0.717) is 11.5 Å². The number of carbonyl (C=O) groups excluding carboxylic acids is 4. The van der Waals surface area contributed by atoms with Crippen LogP contribution in [-0.2, 0) is 18.9 Å². The summed E-state index contributed by atoms with van der Waals surface area (Å²) in [4.78, 5) is 53.8. The fraction of sp³-hybridized carbons (Fsp3) is 0.263. The molecule has 0 unspecified atom stereocenters. The molecule has 12 heteroatoms. The zero-order valence-electron chi connectivity index (χ0n) is 27.5. The lowest BCUT2D eigenvalue weighted by Crippen LogP contribution is -2.61. The van der Waals surface area contributed by atoms with Gasteiger partial charge in [0, 0.05) is 0 Å². The van der Waals surface area contributed by atoms with Crippen molar-refractivity contribution >= 4 is 47.4 Å². The van der Waals surface area contributed by atoms with Crippen LogP contribution < -0.4 is 0 Å². The lowest BCUT2D eigenvalue weighted by Gasteiger charge is -2.40. The van der Waals surface area contributed by atoms with E-state index in [9.17, 15) is 29.4 Å². The highest BCUT2D eigenvalue weighted by Crippen LogP contribution is 2.36. The molecule has 0 aliphatic carbocycles. The Morgan fingerprint density at radius 1 is 0.540 bits per heavy atom. The molecule has 0 fully saturated rings. The maximum atomic E-state index is 13.7. The van der Waals surface area contributed by atoms with Crippen LogP contribution in [0.5, 0.6) is 0 Å². The highest BCUT2D eigenvalue weighted by atomic mass is 32.2. The van der Waals surface area contributed by atoms with Crippen LogP contribution in [0.2, 0.25) is 0 Å². The van der Waals surface area contributed by atoms with Crippen molar-refractivity contribution in [3.63, 3.8) is 0 Å². The van der Waals surface area contributed by atoms with Crippen LogP contribution in [0.4, 0.5) is 0 Å². The van der Waals surface area contributed by atoms with Crippen molar-refractivity contribution in [3.8, 4) is 0 Å². The number of rotatable bonds is 17. The normalized spacial score (nSPS) is 13.1.